The number of amides is 1. The van der Waals surface area contributed by atoms with Crippen LogP contribution in [0.3, 0.4) is 0 Å². The lowest BCUT2D eigenvalue weighted by molar-refractivity contribution is -0.143. The third-order valence-corrected chi connectivity index (χ3v) is 5.21. The third kappa shape index (κ3) is 14.1. The number of rotatable bonds is 18. The highest BCUT2D eigenvalue weighted by atomic mass is 16.4. The number of allylic oxidation sites excluding steroid dienone is 4. The van der Waals surface area contributed by atoms with Crippen LogP contribution < -0.4 is 5.32 Å². The summed E-state index contributed by atoms with van der Waals surface area (Å²) in [5.74, 6) is -1.46. The molecule has 6 heteroatoms. The molecule has 0 bridgehead atoms. The summed E-state index contributed by atoms with van der Waals surface area (Å²) >= 11 is 0. The Bertz CT molecular complexity index is 556. The van der Waals surface area contributed by atoms with Gasteiger partial charge in [-0.15, -0.1) is 0 Å². The number of carbonyl (C=O) groups excluding carboxylic acids is 2. The lowest BCUT2D eigenvalue weighted by Crippen LogP contribution is -2.44. The van der Waals surface area contributed by atoms with Gasteiger partial charge in [0.05, 0.1) is 0 Å². The van der Waals surface area contributed by atoms with Gasteiger partial charge in [0.15, 0.2) is 5.78 Å². The predicted octanol–water partition coefficient (Wildman–Crippen LogP) is 4.57. The number of carboxylic acids is 1. The van der Waals surface area contributed by atoms with Gasteiger partial charge in [-0.25, -0.2) is 4.79 Å². The summed E-state index contributed by atoms with van der Waals surface area (Å²) in [6, 6.07) is -0.829. The maximum absolute atomic E-state index is 11.9. The molecule has 0 spiro atoms. The SMILES string of the molecule is CC/C=C/C/C=C/CC(=O)C(O)CCCCCCCC(=O)N[C@H](C(=O)O)[C@@H](C)CC. The van der Waals surface area contributed by atoms with Crippen LogP contribution in [0, 0.1) is 5.92 Å². The van der Waals surface area contributed by atoms with Crippen molar-refractivity contribution in [3.63, 3.8) is 0 Å². The molecule has 0 rings (SSSR count). The van der Waals surface area contributed by atoms with E-state index < -0.39 is 18.1 Å². The van der Waals surface area contributed by atoms with Crippen molar-refractivity contribution in [3.8, 4) is 0 Å². The highest BCUT2D eigenvalue weighted by Gasteiger charge is 2.24. The van der Waals surface area contributed by atoms with Gasteiger partial charge in [-0.3, -0.25) is 9.59 Å². The van der Waals surface area contributed by atoms with Crippen LogP contribution in [0.25, 0.3) is 0 Å². The number of aliphatic hydroxyl groups is 1. The maximum atomic E-state index is 11.9. The van der Waals surface area contributed by atoms with E-state index in [2.05, 4.69) is 24.4 Å². The Labute approximate surface area is 181 Å². The summed E-state index contributed by atoms with van der Waals surface area (Å²) in [4.78, 5) is 35.0. The molecule has 0 fully saturated rings. The quantitative estimate of drug-likeness (QED) is 0.221. The second-order valence-electron chi connectivity index (χ2n) is 7.85. The van der Waals surface area contributed by atoms with Crippen LogP contribution in [-0.2, 0) is 14.4 Å². The zero-order chi connectivity index (χ0) is 22.8. The number of aliphatic hydroxyl groups excluding tert-OH is 1. The summed E-state index contributed by atoms with van der Waals surface area (Å²) in [7, 11) is 0. The molecule has 0 saturated heterocycles. The summed E-state index contributed by atoms with van der Waals surface area (Å²) in [6.07, 6.45) is 14.7. The molecule has 172 valence electrons. The van der Waals surface area contributed by atoms with E-state index in [1.807, 2.05) is 26.0 Å². The first kappa shape index (κ1) is 28.1. The zero-order valence-corrected chi connectivity index (χ0v) is 18.9. The number of carboxylic acid groups (broad SMARTS) is 1. The van der Waals surface area contributed by atoms with Gasteiger partial charge in [-0.1, -0.05) is 77.2 Å². The molecule has 0 aliphatic rings. The number of hydrogen-bond acceptors (Lipinski definition) is 4. The first-order chi connectivity index (χ1) is 14.3. The molecule has 3 N–H and O–H groups in total. The van der Waals surface area contributed by atoms with Gasteiger partial charge in [0.25, 0.3) is 0 Å². The van der Waals surface area contributed by atoms with E-state index in [9.17, 15) is 24.6 Å². The molecule has 0 aromatic rings. The van der Waals surface area contributed by atoms with E-state index in [4.69, 9.17) is 0 Å². The lowest BCUT2D eigenvalue weighted by atomic mass is 9.99. The van der Waals surface area contributed by atoms with Gasteiger partial charge in [0, 0.05) is 12.8 Å². The average Bonchev–Trinajstić information content (AvgIpc) is 2.72. The molecule has 0 saturated carbocycles. The summed E-state index contributed by atoms with van der Waals surface area (Å²) < 4.78 is 0. The van der Waals surface area contributed by atoms with E-state index in [1.54, 1.807) is 0 Å². The maximum Gasteiger partial charge on any atom is 0.326 e. The smallest absolute Gasteiger partial charge is 0.326 e. The minimum absolute atomic E-state index is 0.103. The molecule has 0 aromatic heterocycles. The van der Waals surface area contributed by atoms with Gasteiger partial charge in [-0.2, -0.15) is 0 Å². The van der Waals surface area contributed by atoms with Gasteiger partial charge < -0.3 is 15.5 Å². The van der Waals surface area contributed by atoms with Crippen molar-refractivity contribution in [3.05, 3.63) is 24.3 Å². The van der Waals surface area contributed by atoms with Crippen molar-refractivity contribution in [2.45, 2.75) is 104 Å². The fraction of sp³-hybridized carbons (Fsp3) is 0.708. The standard InChI is InChI=1S/C24H41NO5/c1-4-6-7-8-10-13-16-20(26)21(27)17-14-11-9-12-15-18-22(28)25-23(24(29)30)19(3)5-2/h6-7,10,13,19,21,23,27H,4-5,8-9,11-12,14-18H2,1-3H3,(H,25,28)(H,29,30)/b7-6+,13-10+/t19-,21?,23-/m0/s1. The minimum atomic E-state index is -0.991. The molecule has 0 aliphatic carbocycles. The van der Waals surface area contributed by atoms with Crippen molar-refractivity contribution in [1.29, 1.82) is 0 Å². The highest BCUT2D eigenvalue weighted by molar-refractivity contribution is 5.84. The van der Waals surface area contributed by atoms with Crippen LogP contribution in [0.4, 0.5) is 0 Å². The molecule has 0 radical (unpaired) electrons. The fourth-order valence-corrected chi connectivity index (χ4v) is 3.02. The summed E-state index contributed by atoms with van der Waals surface area (Å²) in [5, 5.41) is 21.7. The van der Waals surface area contributed by atoms with Crippen LogP contribution in [0.15, 0.2) is 24.3 Å². The summed E-state index contributed by atoms with van der Waals surface area (Å²) in [6.45, 7) is 5.79. The van der Waals surface area contributed by atoms with Gasteiger partial charge in [-0.05, 0) is 31.6 Å². The first-order valence-corrected chi connectivity index (χ1v) is 11.4. The Hall–Kier alpha value is -1.95. The number of hydrogen-bond donors (Lipinski definition) is 3. The van der Waals surface area contributed by atoms with Crippen molar-refractivity contribution < 1.29 is 24.6 Å². The van der Waals surface area contributed by atoms with Crippen LogP contribution in [-0.4, -0.2) is 40.0 Å². The van der Waals surface area contributed by atoms with E-state index in [0.717, 1.165) is 38.5 Å². The monoisotopic (exact) mass is 423 g/mol. The first-order valence-electron chi connectivity index (χ1n) is 11.4. The van der Waals surface area contributed by atoms with Gasteiger partial charge in [0.1, 0.15) is 12.1 Å². The number of unbranched alkanes of at least 4 members (excludes halogenated alkanes) is 4. The topological polar surface area (TPSA) is 104 Å². The number of ketones is 1. The molecule has 0 aromatic carbocycles. The van der Waals surface area contributed by atoms with Crippen molar-refractivity contribution >= 4 is 17.7 Å². The van der Waals surface area contributed by atoms with Crippen LogP contribution in [0.1, 0.15) is 91.4 Å². The molecule has 0 heterocycles. The van der Waals surface area contributed by atoms with E-state index in [-0.39, 0.29) is 24.0 Å². The normalized spacial score (nSPS) is 14.7. The molecule has 3 atom stereocenters. The third-order valence-electron chi connectivity index (χ3n) is 5.21. The fourth-order valence-electron chi connectivity index (χ4n) is 3.02. The average molecular weight is 424 g/mol. The number of Topliss-reactive ketones (excluding diaryl/α,β-unsaturated/α-hetero) is 1. The van der Waals surface area contributed by atoms with Gasteiger partial charge in [0.2, 0.25) is 5.91 Å². The Morgan fingerprint density at radius 3 is 2.20 bits per heavy atom. The summed E-state index contributed by atoms with van der Waals surface area (Å²) in [5.41, 5.74) is 0. The predicted molar refractivity (Wildman–Crippen MR) is 120 cm³/mol. The number of carbonyl (C=O) groups is 3. The van der Waals surface area contributed by atoms with Crippen LogP contribution in [0.5, 0.6) is 0 Å². The molecular weight excluding hydrogens is 382 g/mol. The van der Waals surface area contributed by atoms with Crippen molar-refractivity contribution in [2.24, 2.45) is 5.92 Å². The number of aliphatic carboxylic acids is 1. The molecule has 1 unspecified atom stereocenters. The molecular formula is C24H41NO5. The Morgan fingerprint density at radius 1 is 0.933 bits per heavy atom. The Kier molecular flexibility index (Phi) is 16.7. The highest BCUT2D eigenvalue weighted by Crippen LogP contribution is 2.12. The van der Waals surface area contributed by atoms with E-state index >= 15 is 0 Å². The second-order valence-corrected chi connectivity index (χ2v) is 7.85. The molecule has 6 nitrogen and oxygen atoms in total. The molecule has 0 aliphatic heterocycles. The lowest BCUT2D eigenvalue weighted by Gasteiger charge is -2.20. The van der Waals surface area contributed by atoms with Crippen LogP contribution >= 0.6 is 0 Å². The van der Waals surface area contributed by atoms with E-state index in [1.165, 1.54) is 0 Å². The second kappa shape index (κ2) is 17.9. The molecule has 1 amide bonds. The van der Waals surface area contributed by atoms with Gasteiger partial charge >= 0.3 is 5.97 Å². The minimum Gasteiger partial charge on any atom is -0.480 e. The van der Waals surface area contributed by atoms with Crippen molar-refractivity contribution in [1.82, 2.24) is 5.32 Å². The Morgan fingerprint density at radius 2 is 1.57 bits per heavy atom. The Balaban J connectivity index is 3.83. The largest absolute Gasteiger partial charge is 0.480 e. The van der Waals surface area contributed by atoms with Crippen LogP contribution in [0.2, 0.25) is 0 Å². The van der Waals surface area contributed by atoms with E-state index in [0.29, 0.717) is 25.7 Å². The number of nitrogens with one attached hydrogen (secondary N) is 1. The zero-order valence-electron chi connectivity index (χ0n) is 18.9. The van der Waals surface area contributed by atoms with Crippen molar-refractivity contribution in [2.75, 3.05) is 0 Å². The molecule has 30 heavy (non-hydrogen) atoms.